The van der Waals surface area contributed by atoms with Crippen LogP contribution >= 0.6 is 11.5 Å². The highest BCUT2D eigenvalue weighted by molar-refractivity contribution is 7.13. The molecule has 2 aliphatic rings. The molecule has 1 saturated heterocycles. The van der Waals surface area contributed by atoms with E-state index in [0.29, 0.717) is 0 Å². The average molecular weight is 393 g/mol. The number of carbonyl (C=O) groups excluding carboxylic acids is 1. The molecule has 3 aromatic rings. The van der Waals surface area contributed by atoms with E-state index in [4.69, 9.17) is 4.37 Å². The Morgan fingerprint density at radius 2 is 1.82 bits per heavy atom. The summed E-state index contributed by atoms with van der Waals surface area (Å²) in [5.41, 5.74) is 2.15. The Labute approximate surface area is 169 Å². The van der Waals surface area contributed by atoms with Gasteiger partial charge < -0.3 is 10.2 Å². The number of aromatic nitrogens is 1. The molecule has 1 unspecified atom stereocenters. The first-order valence-corrected chi connectivity index (χ1v) is 10.8. The Morgan fingerprint density at radius 3 is 2.71 bits per heavy atom. The van der Waals surface area contributed by atoms with Crippen LogP contribution in [0.5, 0.6) is 0 Å². The van der Waals surface area contributed by atoms with Crippen molar-refractivity contribution in [3.63, 3.8) is 0 Å². The van der Waals surface area contributed by atoms with E-state index in [2.05, 4.69) is 45.4 Å². The summed E-state index contributed by atoms with van der Waals surface area (Å²) in [6.45, 7) is 5.19. The van der Waals surface area contributed by atoms with E-state index in [-0.39, 0.29) is 11.8 Å². The molecule has 1 atom stereocenters. The van der Waals surface area contributed by atoms with E-state index in [1.165, 1.54) is 10.1 Å². The monoisotopic (exact) mass is 392 g/mol. The zero-order valence-electron chi connectivity index (χ0n) is 15.8. The molecule has 5 rings (SSSR count). The Hall–Kier alpha value is -2.44. The molecule has 1 amide bonds. The molecule has 0 bridgehead atoms. The Morgan fingerprint density at radius 1 is 1.04 bits per heavy atom. The van der Waals surface area contributed by atoms with Gasteiger partial charge in [-0.3, -0.25) is 9.69 Å². The van der Waals surface area contributed by atoms with Gasteiger partial charge in [0.15, 0.2) is 0 Å². The summed E-state index contributed by atoms with van der Waals surface area (Å²) in [7, 11) is 0. The SMILES string of the molecule is O=C1Nc2ccccc2C1CCCN1CCN(c2nsc3ccccc23)CC1. The fourth-order valence-electron chi connectivity index (χ4n) is 4.37. The van der Waals surface area contributed by atoms with Crippen molar-refractivity contribution in [1.29, 1.82) is 0 Å². The van der Waals surface area contributed by atoms with Gasteiger partial charge in [0, 0.05) is 37.3 Å². The zero-order chi connectivity index (χ0) is 18.9. The summed E-state index contributed by atoms with van der Waals surface area (Å²) in [6.07, 6.45) is 1.96. The van der Waals surface area contributed by atoms with Gasteiger partial charge >= 0.3 is 0 Å². The molecule has 3 heterocycles. The number of benzene rings is 2. The number of fused-ring (bicyclic) bond motifs is 2. The van der Waals surface area contributed by atoms with E-state index in [1.807, 2.05) is 18.2 Å². The Kier molecular flexibility index (Phi) is 4.74. The van der Waals surface area contributed by atoms with E-state index in [1.54, 1.807) is 11.5 Å². The molecule has 1 fully saturated rings. The topological polar surface area (TPSA) is 48.5 Å². The van der Waals surface area contributed by atoms with Crippen molar-refractivity contribution in [2.75, 3.05) is 42.9 Å². The average Bonchev–Trinajstić information content (AvgIpc) is 3.30. The Bertz CT molecular complexity index is 993. The van der Waals surface area contributed by atoms with Crippen molar-refractivity contribution in [3.8, 4) is 0 Å². The minimum Gasteiger partial charge on any atom is -0.353 e. The fraction of sp³-hybridized carbons (Fsp3) is 0.364. The number of hydrogen-bond acceptors (Lipinski definition) is 5. The zero-order valence-corrected chi connectivity index (χ0v) is 16.6. The van der Waals surface area contributed by atoms with Gasteiger partial charge in [-0.15, -0.1) is 0 Å². The maximum Gasteiger partial charge on any atom is 0.232 e. The molecule has 28 heavy (non-hydrogen) atoms. The number of nitrogens with zero attached hydrogens (tertiary/aromatic N) is 3. The maximum absolute atomic E-state index is 12.3. The second kappa shape index (κ2) is 7.53. The molecule has 5 nitrogen and oxygen atoms in total. The predicted octanol–water partition coefficient (Wildman–Crippen LogP) is 3.93. The lowest BCUT2D eigenvalue weighted by Crippen LogP contribution is -2.46. The summed E-state index contributed by atoms with van der Waals surface area (Å²) < 4.78 is 5.95. The third-order valence-electron chi connectivity index (χ3n) is 5.91. The van der Waals surface area contributed by atoms with Gasteiger partial charge in [0.2, 0.25) is 5.91 Å². The van der Waals surface area contributed by atoms with Gasteiger partial charge in [-0.05, 0) is 54.7 Å². The molecular weight excluding hydrogens is 368 g/mol. The highest BCUT2D eigenvalue weighted by atomic mass is 32.1. The molecule has 6 heteroatoms. The number of rotatable bonds is 5. The van der Waals surface area contributed by atoms with E-state index < -0.39 is 0 Å². The van der Waals surface area contributed by atoms with Gasteiger partial charge in [0.05, 0.1) is 10.6 Å². The predicted molar refractivity (Wildman–Crippen MR) is 115 cm³/mol. The molecule has 144 valence electrons. The molecule has 2 aromatic carbocycles. The van der Waals surface area contributed by atoms with Crippen molar-refractivity contribution in [2.24, 2.45) is 0 Å². The number of piperazine rings is 1. The maximum atomic E-state index is 12.3. The quantitative estimate of drug-likeness (QED) is 0.715. The third kappa shape index (κ3) is 3.27. The second-order valence-corrected chi connectivity index (χ2v) is 8.41. The lowest BCUT2D eigenvalue weighted by molar-refractivity contribution is -0.117. The first kappa shape index (κ1) is 17.6. The normalized spacial score (nSPS) is 19.8. The van der Waals surface area contributed by atoms with Crippen molar-refractivity contribution < 1.29 is 4.79 Å². The molecular formula is C22H24N4OS. The molecule has 0 aliphatic carbocycles. The van der Waals surface area contributed by atoms with Crippen LogP contribution in [0.25, 0.3) is 10.1 Å². The molecule has 0 saturated carbocycles. The van der Waals surface area contributed by atoms with Crippen LogP contribution in [0.2, 0.25) is 0 Å². The van der Waals surface area contributed by atoms with E-state index >= 15 is 0 Å². The van der Waals surface area contributed by atoms with Crippen molar-refractivity contribution in [3.05, 3.63) is 54.1 Å². The first-order chi connectivity index (χ1) is 13.8. The van der Waals surface area contributed by atoms with Crippen molar-refractivity contribution in [2.45, 2.75) is 18.8 Å². The van der Waals surface area contributed by atoms with Crippen LogP contribution in [-0.2, 0) is 4.79 Å². The van der Waals surface area contributed by atoms with Crippen LogP contribution in [0, 0.1) is 0 Å². The number of carbonyl (C=O) groups is 1. The lowest BCUT2D eigenvalue weighted by atomic mass is 9.95. The van der Waals surface area contributed by atoms with Crippen molar-refractivity contribution in [1.82, 2.24) is 9.27 Å². The number of para-hydroxylation sites is 1. The van der Waals surface area contributed by atoms with Crippen LogP contribution in [0.4, 0.5) is 11.5 Å². The van der Waals surface area contributed by atoms with Crippen LogP contribution in [0.3, 0.4) is 0 Å². The molecule has 0 spiro atoms. The third-order valence-corrected chi connectivity index (χ3v) is 6.72. The summed E-state index contributed by atoms with van der Waals surface area (Å²) >= 11 is 1.59. The van der Waals surface area contributed by atoms with Gasteiger partial charge in [0.25, 0.3) is 0 Å². The minimum atomic E-state index is 0.0128. The number of amides is 1. The highest BCUT2D eigenvalue weighted by Gasteiger charge is 2.29. The van der Waals surface area contributed by atoms with Crippen LogP contribution in [0.15, 0.2) is 48.5 Å². The molecule has 2 aliphatic heterocycles. The largest absolute Gasteiger partial charge is 0.353 e. The van der Waals surface area contributed by atoms with Gasteiger partial charge in [0.1, 0.15) is 5.82 Å². The smallest absolute Gasteiger partial charge is 0.232 e. The second-order valence-electron chi connectivity index (χ2n) is 7.60. The van der Waals surface area contributed by atoms with E-state index in [9.17, 15) is 4.79 Å². The van der Waals surface area contributed by atoms with Crippen LogP contribution in [0.1, 0.15) is 24.3 Å². The summed E-state index contributed by atoms with van der Waals surface area (Å²) in [6, 6.07) is 16.6. The van der Waals surface area contributed by atoms with Crippen LogP contribution in [-0.4, -0.2) is 47.9 Å². The number of anilines is 2. The standard InChI is InChI=1S/C22H24N4OS/c27-22-17(16-6-1-3-9-19(16)23-22)8-5-11-25-12-14-26(15-13-25)21-18-7-2-4-10-20(18)28-24-21/h1-4,6-7,9-10,17H,5,8,11-15H2,(H,23,27). The molecule has 0 radical (unpaired) electrons. The van der Waals surface area contributed by atoms with Crippen LogP contribution < -0.4 is 10.2 Å². The van der Waals surface area contributed by atoms with Crippen molar-refractivity contribution >= 4 is 39.0 Å². The molecule has 1 N–H and O–H groups in total. The summed E-state index contributed by atoms with van der Waals surface area (Å²) in [5, 5.41) is 4.28. The van der Waals surface area contributed by atoms with E-state index in [0.717, 1.165) is 62.6 Å². The van der Waals surface area contributed by atoms with Gasteiger partial charge in [-0.1, -0.05) is 30.3 Å². The minimum absolute atomic E-state index is 0.0128. The fourth-order valence-corrected chi connectivity index (χ4v) is 5.16. The highest BCUT2D eigenvalue weighted by Crippen LogP contribution is 2.35. The molecule has 1 aromatic heterocycles. The summed E-state index contributed by atoms with van der Waals surface area (Å²) in [5.74, 6) is 1.31. The number of hydrogen-bond donors (Lipinski definition) is 1. The van der Waals surface area contributed by atoms with Gasteiger partial charge in [-0.2, -0.15) is 4.37 Å². The summed E-state index contributed by atoms with van der Waals surface area (Å²) in [4.78, 5) is 17.2. The Balaban J connectivity index is 1.14. The first-order valence-electron chi connectivity index (χ1n) is 10.0. The number of nitrogens with one attached hydrogen (secondary N) is 1. The van der Waals surface area contributed by atoms with Gasteiger partial charge in [-0.25, -0.2) is 0 Å². The lowest BCUT2D eigenvalue weighted by Gasteiger charge is -2.35.